The number of imide groups is 1. The average Bonchev–Trinajstić information content (AvgIpc) is 2.88. The van der Waals surface area contributed by atoms with E-state index in [1.807, 2.05) is 0 Å². The Morgan fingerprint density at radius 1 is 0.742 bits per heavy atom. The smallest absolute Gasteiger partial charge is 0.263 e. The molecule has 0 saturated heterocycles. The van der Waals surface area contributed by atoms with Crippen molar-refractivity contribution in [3.8, 4) is 0 Å². The summed E-state index contributed by atoms with van der Waals surface area (Å²) in [5, 5.41) is -0.0591. The van der Waals surface area contributed by atoms with Gasteiger partial charge in [0.2, 0.25) is 0 Å². The minimum Gasteiger partial charge on any atom is -0.368 e. The molecule has 0 unspecified atom stereocenters. The van der Waals surface area contributed by atoms with E-state index >= 15 is 0 Å². The molecule has 1 heterocycles. The first kappa shape index (κ1) is 26.4. The molecular formula is C22H21Cl4NO2Rh2-2. The first-order valence-corrected chi connectivity index (χ1v) is 11.6. The maximum Gasteiger partial charge on any atom is 0.263 e. The SMILES string of the molecule is [CH2-]C([CH2-])[C@@H](N1C(=O)c2c(Cl)c(Cl)c(Cl)c(Cl)c2C1=O)C12CC3CC(CC(C3)C1)C2.[Rh].[Rh]. The van der Waals surface area contributed by atoms with Gasteiger partial charge in [-0.05, 0) is 67.7 Å². The number of halogens is 4. The topological polar surface area (TPSA) is 37.4 Å². The van der Waals surface area contributed by atoms with E-state index in [0.717, 1.165) is 19.3 Å². The van der Waals surface area contributed by atoms with Gasteiger partial charge in [-0.3, -0.25) is 20.4 Å². The summed E-state index contributed by atoms with van der Waals surface area (Å²) in [6.45, 7) is 8.35. The number of hydrogen-bond acceptors (Lipinski definition) is 2. The zero-order valence-electron chi connectivity index (χ0n) is 16.5. The Labute approximate surface area is 228 Å². The Kier molecular flexibility index (Phi) is 7.73. The average molecular weight is 679 g/mol. The van der Waals surface area contributed by atoms with Gasteiger partial charge >= 0.3 is 0 Å². The third kappa shape index (κ3) is 3.81. The first-order chi connectivity index (χ1) is 13.6. The van der Waals surface area contributed by atoms with Crippen LogP contribution in [0.15, 0.2) is 0 Å². The Hall–Kier alpha value is 0.767. The van der Waals surface area contributed by atoms with Gasteiger partial charge in [-0.1, -0.05) is 46.4 Å². The van der Waals surface area contributed by atoms with E-state index < -0.39 is 17.9 Å². The van der Waals surface area contributed by atoms with Crippen LogP contribution in [-0.2, 0) is 39.0 Å². The zero-order valence-corrected chi connectivity index (χ0v) is 22.8. The molecule has 1 aromatic rings. The Morgan fingerprint density at radius 3 is 1.42 bits per heavy atom. The molecule has 4 fully saturated rings. The molecule has 4 saturated carbocycles. The Morgan fingerprint density at radius 2 is 1.10 bits per heavy atom. The molecule has 6 rings (SSSR count). The molecule has 9 heteroatoms. The molecule has 31 heavy (non-hydrogen) atoms. The van der Waals surface area contributed by atoms with Crippen LogP contribution in [0.25, 0.3) is 0 Å². The molecule has 0 aromatic heterocycles. The monoisotopic (exact) mass is 677 g/mol. The van der Waals surface area contributed by atoms with E-state index in [1.165, 1.54) is 24.2 Å². The van der Waals surface area contributed by atoms with Crippen LogP contribution >= 0.6 is 46.4 Å². The quantitative estimate of drug-likeness (QED) is 0.117. The van der Waals surface area contributed by atoms with E-state index in [9.17, 15) is 9.59 Å². The van der Waals surface area contributed by atoms with Crippen LogP contribution in [0.5, 0.6) is 0 Å². The minimum absolute atomic E-state index is 0. The summed E-state index contributed by atoms with van der Waals surface area (Å²) in [7, 11) is 0. The van der Waals surface area contributed by atoms with Crippen LogP contribution in [0, 0.1) is 42.9 Å². The predicted molar refractivity (Wildman–Crippen MR) is 116 cm³/mol. The van der Waals surface area contributed by atoms with Gasteiger partial charge in [0.15, 0.2) is 0 Å². The Bertz CT molecular complexity index is 870. The summed E-state index contributed by atoms with van der Waals surface area (Å²) in [6.07, 6.45) is 6.83. The zero-order chi connectivity index (χ0) is 20.8. The van der Waals surface area contributed by atoms with Gasteiger partial charge in [0.05, 0.1) is 31.2 Å². The van der Waals surface area contributed by atoms with E-state index in [0.29, 0.717) is 17.8 Å². The van der Waals surface area contributed by atoms with Crippen molar-refractivity contribution < 1.29 is 48.5 Å². The molecule has 0 N–H and O–H groups in total. The van der Waals surface area contributed by atoms with Crippen molar-refractivity contribution in [3.63, 3.8) is 0 Å². The summed E-state index contributed by atoms with van der Waals surface area (Å²) in [5.41, 5.74) is -0.0408. The van der Waals surface area contributed by atoms with Gasteiger partial charge in [0.1, 0.15) is 0 Å². The number of benzene rings is 1. The maximum absolute atomic E-state index is 13.5. The van der Waals surface area contributed by atoms with Crippen LogP contribution in [0.3, 0.4) is 0 Å². The molecule has 1 aromatic carbocycles. The van der Waals surface area contributed by atoms with E-state index in [4.69, 9.17) is 46.4 Å². The van der Waals surface area contributed by atoms with Crippen molar-refractivity contribution in [3.05, 3.63) is 45.1 Å². The number of rotatable bonds is 3. The molecule has 174 valence electrons. The second-order valence-electron chi connectivity index (χ2n) is 9.47. The van der Waals surface area contributed by atoms with Crippen molar-refractivity contribution >= 4 is 58.2 Å². The molecule has 1 atom stereocenters. The third-order valence-electron chi connectivity index (χ3n) is 7.57. The van der Waals surface area contributed by atoms with Gasteiger partial charge in [0, 0.05) is 39.0 Å². The fourth-order valence-electron chi connectivity index (χ4n) is 7.14. The fraction of sp³-hybridized carbons (Fsp3) is 0.545. The standard InChI is InChI=1S/C22H21Cl4NO2.2Rh/c1-9(2)19(22-6-10-3-11(7-22)5-12(4-10)8-22)27-20(28)13-14(21(27)29)16(24)18(26)17(25)15(13)23;;/h9-12,19H,1-8H2;;/q-2;;/t10?,11?,12?,19-,22?;;/m1../s1. The molecule has 5 aliphatic rings. The molecule has 2 radical (unpaired) electrons. The van der Waals surface area contributed by atoms with Crippen molar-refractivity contribution in [1.29, 1.82) is 0 Å². The molecule has 2 amide bonds. The van der Waals surface area contributed by atoms with E-state index in [2.05, 4.69) is 13.8 Å². The maximum atomic E-state index is 13.5. The second kappa shape index (κ2) is 9.09. The fourth-order valence-corrected chi connectivity index (χ4v) is 8.16. The van der Waals surface area contributed by atoms with Crippen molar-refractivity contribution in [2.75, 3.05) is 0 Å². The molecule has 3 nitrogen and oxygen atoms in total. The molecule has 1 aliphatic heterocycles. The van der Waals surface area contributed by atoms with Crippen molar-refractivity contribution in [2.24, 2.45) is 29.1 Å². The number of fused-ring (bicyclic) bond motifs is 1. The largest absolute Gasteiger partial charge is 0.368 e. The summed E-state index contributed by atoms with van der Waals surface area (Å²) in [5.74, 6) is 0.690. The summed E-state index contributed by atoms with van der Waals surface area (Å²) in [6, 6.07) is -0.395. The number of hydrogen-bond donors (Lipinski definition) is 0. The van der Waals surface area contributed by atoms with Crippen LogP contribution in [0.1, 0.15) is 59.2 Å². The van der Waals surface area contributed by atoms with Gasteiger partial charge in [0.25, 0.3) is 11.8 Å². The normalized spacial score (nSPS) is 31.6. The number of carbonyl (C=O) groups excluding carboxylic acids is 2. The van der Waals surface area contributed by atoms with Gasteiger partial charge in [-0.25, -0.2) is 0 Å². The van der Waals surface area contributed by atoms with Crippen LogP contribution in [0.4, 0.5) is 0 Å². The summed E-state index contributed by atoms with van der Waals surface area (Å²) >= 11 is 25.0. The van der Waals surface area contributed by atoms with E-state index in [1.54, 1.807) is 0 Å². The van der Waals surface area contributed by atoms with Gasteiger partial charge < -0.3 is 13.8 Å². The number of amides is 2. The van der Waals surface area contributed by atoms with Crippen LogP contribution < -0.4 is 0 Å². The summed E-state index contributed by atoms with van der Waals surface area (Å²) < 4.78 is 0. The second-order valence-corrected chi connectivity index (χ2v) is 11.0. The van der Waals surface area contributed by atoms with Gasteiger partial charge in [-0.15, -0.1) is 0 Å². The third-order valence-corrected chi connectivity index (χ3v) is 9.37. The van der Waals surface area contributed by atoms with Crippen molar-refractivity contribution in [2.45, 2.75) is 44.6 Å². The number of nitrogens with zero attached hydrogens (tertiary/aromatic N) is 1. The summed E-state index contributed by atoms with van der Waals surface area (Å²) in [4.78, 5) is 28.3. The van der Waals surface area contributed by atoms with E-state index in [-0.39, 0.29) is 81.5 Å². The molecular weight excluding hydrogens is 658 g/mol. The molecule has 0 spiro atoms. The first-order valence-electron chi connectivity index (χ1n) is 10.0. The van der Waals surface area contributed by atoms with Crippen LogP contribution in [-0.4, -0.2) is 22.8 Å². The molecule has 4 bridgehead atoms. The van der Waals surface area contributed by atoms with Crippen molar-refractivity contribution in [1.82, 2.24) is 4.90 Å². The molecule has 4 aliphatic carbocycles. The number of carbonyl (C=O) groups is 2. The van der Waals surface area contributed by atoms with Crippen LogP contribution in [0.2, 0.25) is 20.1 Å². The predicted octanol–water partition coefficient (Wildman–Crippen LogP) is 6.76. The minimum atomic E-state index is -0.464. The van der Waals surface area contributed by atoms with Gasteiger partial charge in [-0.2, -0.15) is 0 Å². The Balaban J connectivity index is 0.00000136.